The number of nitrogen functional groups attached to an aromatic ring is 1. The summed E-state index contributed by atoms with van der Waals surface area (Å²) in [7, 11) is 3.31. The molecule has 0 aliphatic carbocycles. The highest BCUT2D eigenvalue weighted by atomic mass is 16.5. The zero-order valence-electron chi connectivity index (χ0n) is 9.99. The molecule has 0 saturated heterocycles. The lowest BCUT2D eigenvalue weighted by atomic mass is 10.2. The monoisotopic (exact) mass is 225 g/mol. The van der Waals surface area contributed by atoms with Crippen LogP contribution in [0.3, 0.4) is 0 Å². The molecule has 0 spiro atoms. The van der Waals surface area contributed by atoms with E-state index in [1.165, 1.54) is 0 Å². The molecule has 0 amide bonds. The summed E-state index contributed by atoms with van der Waals surface area (Å²) in [4.78, 5) is 4.21. The number of hydrogen-bond donors (Lipinski definition) is 2. The summed E-state index contributed by atoms with van der Waals surface area (Å²) in [6.07, 6.45) is 1.65. The quantitative estimate of drug-likeness (QED) is 0.757. The Kier molecular flexibility index (Phi) is 5.01. The largest absolute Gasteiger partial charge is 0.397 e. The first-order chi connectivity index (χ1) is 7.67. The Balaban J connectivity index is 2.53. The highest BCUT2D eigenvalue weighted by Gasteiger charge is 2.07. The van der Waals surface area contributed by atoms with Gasteiger partial charge in [-0.1, -0.05) is 0 Å². The molecule has 0 aliphatic heterocycles. The number of aromatic nitrogens is 1. The molecule has 90 valence electrons. The maximum atomic E-state index is 5.62. The Hall–Kier alpha value is -1.33. The number of hydrogen-bond acceptors (Lipinski definition) is 5. The highest BCUT2D eigenvalue weighted by molar-refractivity contribution is 5.50. The third kappa shape index (κ3) is 3.67. The molecule has 0 radical (unpaired) electrons. The number of nitrogens with zero attached hydrogens (tertiary/aromatic N) is 1. The molecular formula is C11H19N3O2. The van der Waals surface area contributed by atoms with Gasteiger partial charge in [-0.2, -0.15) is 0 Å². The summed E-state index contributed by atoms with van der Waals surface area (Å²) in [5.74, 6) is 0.826. The summed E-state index contributed by atoms with van der Waals surface area (Å²) in [6, 6.07) is 1.88. The molecule has 0 saturated carbocycles. The van der Waals surface area contributed by atoms with Crippen LogP contribution in [-0.4, -0.2) is 38.5 Å². The van der Waals surface area contributed by atoms with Crippen molar-refractivity contribution < 1.29 is 9.47 Å². The number of pyridine rings is 1. The first kappa shape index (κ1) is 12.7. The lowest BCUT2D eigenvalue weighted by Gasteiger charge is -2.16. The lowest BCUT2D eigenvalue weighted by Crippen LogP contribution is -2.27. The van der Waals surface area contributed by atoms with Gasteiger partial charge < -0.3 is 20.5 Å². The van der Waals surface area contributed by atoms with Gasteiger partial charge in [-0.15, -0.1) is 0 Å². The van der Waals surface area contributed by atoms with Gasteiger partial charge in [-0.3, -0.25) is 0 Å². The van der Waals surface area contributed by atoms with E-state index in [9.17, 15) is 0 Å². The van der Waals surface area contributed by atoms with Gasteiger partial charge in [0, 0.05) is 20.8 Å². The van der Waals surface area contributed by atoms with Crippen molar-refractivity contribution in [3.63, 3.8) is 0 Å². The Morgan fingerprint density at radius 1 is 1.50 bits per heavy atom. The molecule has 1 heterocycles. The topological polar surface area (TPSA) is 69.4 Å². The zero-order valence-corrected chi connectivity index (χ0v) is 9.99. The second kappa shape index (κ2) is 6.30. The molecular weight excluding hydrogens is 206 g/mol. The molecule has 5 heteroatoms. The van der Waals surface area contributed by atoms with Crippen LogP contribution in [0.5, 0.6) is 0 Å². The normalized spacial score (nSPS) is 12.4. The van der Waals surface area contributed by atoms with E-state index in [0.717, 1.165) is 11.4 Å². The Labute approximate surface area is 96.0 Å². The molecule has 0 fully saturated rings. The van der Waals surface area contributed by atoms with Crippen LogP contribution in [0.15, 0.2) is 12.3 Å². The van der Waals surface area contributed by atoms with Crippen molar-refractivity contribution in [3.8, 4) is 0 Å². The van der Waals surface area contributed by atoms with E-state index in [0.29, 0.717) is 18.8 Å². The van der Waals surface area contributed by atoms with Gasteiger partial charge in [0.1, 0.15) is 5.82 Å². The summed E-state index contributed by atoms with van der Waals surface area (Å²) < 4.78 is 10.3. The molecule has 0 aliphatic rings. The average Bonchev–Trinajstić information content (AvgIpc) is 2.26. The third-order valence-corrected chi connectivity index (χ3v) is 2.28. The molecule has 1 aromatic rings. The molecule has 16 heavy (non-hydrogen) atoms. The van der Waals surface area contributed by atoms with Gasteiger partial charge in [0.2, 0.25) is 0 Å². The van der Waals surface area contributed by atoms with Crippen LogP contribution in [0.2, 0.25) is 0 Å². The van der Waals surface area contributed by atoms with Crippen molar-refractivity contribution in [1.29, 1.82) is 0 Å². The van der Waals surface area contributed by atoms with E-state index in [1.807, 2.05) is 13.0 Å². The lowest BCUT2D eigenvalue weighted by molar-refractivity contribution is 0.0365. The van der Waals surface area contributed by atoms with Crippen molar-refractivity contribution in [3.05, 3.63) is 17.8 Å². The van der Waals surface area contributed by atoms with E-state index in [1.54, 1.807) is 20.4 Å². The second-order valence-electron chi connectivity index (χ2n) is 3.63. The van der Waals surface area contributed by atoms with Gasteiger partial charge in [0.15, 0.2) is 0 Å². The third-order valence-electron chi connectivity index (χ3n) is 2.28. The predicted octanol–water partition coefficient (Wildman–Crippen LogP) is 1.05. The molecule has 5 nitrogen and oxygen atoms in total. The summed E-state index contributed by atoms with van der Waals surface area (Å²) in [5.41, 5.74) is 7.31. The molecule has 3 N–H and O–H groups in total. The van der Waals surface area contributed by atoms with Gasteiger partial charge in [-0.05, 0) is 18.6 Å². The fourth-order valence-corrected chi connectivity index (χ4v) is 1.39. The minimum atomic E-state index is 0.0174. The SMILES string of the molecule is COCC(CNc1ncc(N)cc1C)OC. The van der Waals surface area contributed by atoms with Crippen molar-refractivity contribution in [1.82, 2.24) is 4.98 Å². The second-order valence-corrected chi connectivity index (χ2v) is 3.63. The number of ether oxygens (including phenoxy) is 2. The van der Waals surface area contributed by atoms with Crippen LogP contribution < -0.4 is 11.1 Å². The first-order valence-electron chi connectivity index (χ1n) is 5.15. The Bertz CT molecular complexity index is 331. The summed E-state index contributed by atoms with van der Waals surface area (Å²) in [6.45, 7) is 3.17. The van der Waals surface area contributed by atoms with Crippen LogP contribution in [0.4, 0.5) is 11.5 Å². The van der Waals surface area contributed by atoms with Gasteiger partial charge >= 0.3 is 0 Å². The predicted molar refractivity (Wildman–Crippen MR) is 64.5 cm³/mol. The number of aryl methyl sites for hydroxylation is 1. The minimum Gasteiger partial charge on any atom is -0.397 e. The van der Waals surface area contributed by atoms with Crippen molar-refractivity contribution in [2.24, 2.45) is 0 Å². The maximum Gasteiger partial charge on any atom is 0.129 e. The van der Waals surface area contributed by atoms with E-state index >= 15 is 0 Å². The number of methoxy groups -OCH3 is 2. The van der Waals surface area contributed by atoms with E-state index in [-0.39, 0.29) is 6.10 Å². The molecule has 0 aromatic carbocycles. The first-order valence-corrected chi connectivity index (χ1v) is 5.15. The van der Waals surface area contributed by atoms with Crippen LogP contribution in [-0.2, 0) is 9.47 Å². The highest BCUT2D eigenvalue weighted by Crippen LogP contribution is 2.13. The van der Waals surface area contributed by atoms with Crippen molar-refractivity contribution >= 4 is 11.5 Å². The molecule has 0 bridgehead atoms. The van der Waals surface area contributed by atoms with E-state index in [4.69, 9.17) is 15.2 Å². The number of nitrogens with two attached hydrogens (primary N) is 1. The Morgan fingerprint density at radius 2 is 2.25 bits per heavy atom. The maximum absolute atomic E-state index is 5.62. The van der Waals surface area contributed by atoms with Crippen LogP contribution in [0.25, 0.3) is 0 Å². The van der Waals surface area contributed by atoms with Gasteiger partial charge in [0.05, 0.1) is 24.6 Å². The Morgan fingerprint density at radius 3 is 2.81 bits per heavy atom. The fraction of sp³-hybridized carbons (Fsp3) is 0.545. The van der Waals surface area contributed by atoms with Crippen LogP contribution in [0, 0.1) is 6.92 Å². The average molecular weight is 225 g/mol. The molecule has 1 aromatic heterocycles. The van der Waals surface area contributed by atoms with Gasteiger partial charge in [-0.25, -0.2) is 4.98 Å². The van der Waals surface area contributed by atoms with Crippen LogP contribution >= 0.6 is 0 Å². The van der Waals surface area contributed by atoms with Crippen LogP contribution in [0.1, 0.15) is 5.56 Å². The molecule has 1 rings (SSSR count). The minimum absolute atomic E-state index is 0.0174. The zero-order chi connectivity index (χ0) is 12.0. The van der Waals surface area contributed by atoms with Gasteiger partial charge in [0.25, 0.3) is 0 Å². The smallest absolute Gasteiger partial charge is 0.129 e. The van der Waals surface area contributed by atoms with E-state index < -0.39 is 0 Å². The van der Waals surface area contributed by atoms with Crippen molar-refractivity contribution in [2.45, 2.75) is 13.0 Å². The number of nitrogens with one attached hydrogen (secondary N) is 1. The molecule has 1 unspecified atom stereocenters. The standard InChI is InChI=1S/C11H19N3O2/c1-8-4-9(12)5-13-11(8)14-6-10(16-3)7-15-2/h4-5,10H,6-7,12H2,1-3H3,(H,13,14). The van der Waals surface area contributed by atoms with E-state index in [2.05, 4.69) is 10.3 Å². The van der Waals surface area contributed by atoms with Crippen molar-refractivity contribution in [2.75, 3.05) is 38.4 Å². The summed E-state index contributed by atoms with van der Waals surface area (Å²) in [5, 5.41) is 3.20. The fourth-order valence-electron chi connectivity index (χ4n) is 1.39. The summed E-state index contributed by atoms with van der Waals surface area (Å²) >= 11 is 0. The number of rotatable bonds is 6. The number of anilines is 2. The molecule has 1 atom stereocenters.